The third-order valence-corrected chi connectivity index (χ3v) is 3.88. The van der Waals surface area contributed by atoms with Crippen molar-refractivity contribution in [2.24, 2.45) is 5.11 Å². The maximum absolute atomic E-state index is 11.6. The van der Waals surface area contributed by atoms with Crippen LogP contribution in [0.2, 0.25) is 0 Å². The Bertz CT molecular complexity index is 751. The lowest BCUT2D eigenvalue weighted by molar-refractivity contribution is -0.136. The number of hydrogen-bond donors (Lipinski definition) is 0. The molecule has 0 saturated carbocycles. The number of methoxy groups -OCH3 is 1. The smallest absolute Gasteiger partial charge is 0.333 e. The van der Waals surface area contributed by atoms with Crippen molar-refractivity contribution in [2.45, 2.75) is 24.7 Å². The highest BCUT2D eigenvalue weighted by Crippen LogP contribution is 2.29. The van der Waals surface area contributed by atoms with Crippen LogP contribution in [0.25, 0.3) is 10.4 Å². The molecule has 1 aliphatic rings. The van der Waals surface area contributed by atoms with Gasteiger partial charge in [0.1, 0.15) is 12.2 Å². The van der Waals surface area contributed by atoms with Gasteiger partial charge in [0.15, 0.2) is 0 Å². The van der Waals surface area contributed by atoms with Crippen molar-refractivity contribution in [1.29, 1.82) is 0 Å². The minimum atomic E-state index is -4.01. The van der Waals surface area contributed by atoms with Crippen LogP contribution in [0.3, 0.4) is 0 Å². The monoisotopic (exact) mass is 369 g/mol. The quantitative estimate of drug-likeness (QED) is 0.205. The molecule has 1 aliphatic carbocycles. The van der Waals surface area contributed by atoms with E-state index in [9.17, 15) is 21.6 Å². The predicted molar refractivity (Wildman–Crippen MR) is 77.1 cm³/mol. The number of ether oxygens (including phenoxy) is 1. The predicted octanol–water partition coefficient (Wildman–Crippen LogP) is -0.142. The normalized spacial score (nSPS) is 25.2. The molecule has 0 radical (unpaired) electrons. The van der Waals surface area contributed by atoms with Crippen molar-refractivity contribution in [3.05, 3.63) is 22.1 Å². The van der Waals surface area contributed by atoms with Gasteiger partial charge < -0.3 is 4.74 Å². The highest BCUT2D eigenvalue weighted by Gasteiger charge is 2.40. The first-order valence-electron chi connectivity index (χ1n) is 6.06. The summed E-state index contributed by atoms with van der Waals surface area (Å²) in [5.74, 6) is -0.789. The van der Waals surface area contributed by atoms with E-state index in [4.69, 9.17) is 13.9 Å². The average molecular weight is 369 g/mol. The molecule has 0 saturated heterocycles. The fourth-order valence-electron chi connectivity index (χ4n) is 2.00. The fraction of sp³-hybridized carbons (Fsp3) is 0.700. The van der Waals surface area contributed by atoms with Gasteiger partial charge in [0.25, 0.3) is 20.2 Å². The Morgan fingerprint density at radius 1 is 1.26 bits per heavy atom. The molecule has 3 atom stereocenters. The molecule has 0 aromatic heterocycles. The molecule has 23 heavy (non-hydrogen) atoms. The van der Waals surface area contributed by atoms with Crippen LogP contribution < -0.4 is 0 Å². The minimum Gasteiger partial charge on any atom is -0.466 e. The summed E-state index contributed by atoms with van der Waals surface area (Å²) in [6, 6.07) is -1.27. The summed E-state index contributed by atoms with van der Waals surface area (Å²) >= 11 is 0. The summed E-state index contributed by atoms with van der Waals surface area (Å²) in [6.07, 6.45) is -0.459. The van der Waals surface area contributed by atoms with Crippen molar-refractivity contribution >= 4 is 26.2 Å². The molecule has 13 heteroatoms. The number of nitrogens with zero attached hydrogens (tertiary/aromatic N) is 3. The van der Waals surface area contributed by atoms with Crippen LogP contribution in [0, 0.1) is 0 Å². The van der Waals surface area contributed by atoms with Gasteiger partial charge in [-0.15, -0.1) is 0 Å². The van der Waals surface area contributed by atoms with E-state index in [1.54, 1.807) is 0 Å². The van der Waals surface area contributed by atoms with Crippen molar-refractivity contribution < 1.29 is 34.7 Å². The van der Waals surface area contributed by atoms with E-state index in [-0.39, 0.29) is 12.0 Å². The van der Waals surface area contributed by atoms with Gasteiger partial charge in [0.2, 0.25) is 0 Å². The van der Waals surface area contributed by atoms with Gasteiger partial charge in [-0.05, 0) is 5.53 Å². The molecule has 0 N–H and O–H groups in total. The second kappa shape index (κ2) is 7.27. The summed E-state index contributed by atoms with van der Waals surface area (Å²) in [4.78, 5) is 14.2. The summed E-state index contributed by atoms with van der Waals surface area (Å²) in [5, 5.41) is 3.33. The lowest BCUT2D eigenvalue weighted by Crippen LogP contribution is -2.45. The Morgan fingerprint density at radius 2 is 1.83 bits per heavy atom. The Balaban J connectivity index is 3.34. The molecule has 0 heterocycles. The Labute approximate surface area is 133 Å². The van der Waals surface area contributed by atoms with Gasteiger partial charge in [-0.3, -0.25) is 8.37 Å². The van der Waals surface area contributed by atoms with E-state index in [0.717, 1.165) is 25.7 Å². The van der Waals surface area contributed by atoms with E-state index in [2.05, 4.69) is 14.8 Å². The van der Waals surface area contributed by atoms with Gasteiger partial charge in [-0.2, -0.15) is 16.8 Å². The highest BCUT2D eigenvalue weighted by molar-refractivity contribution is 7.86. The van der Waals surface area contributed by atoms with Gasteiger partial charge in [-0.25, -0.2) is 4.79 Å². The van der Waals surface area contributed by atoms with Crippen LogP contribution in [0.5, 0.6) is 0 Å². The molecule has 0 bridgehead atoms. The number of carbonyl (C=O) groups is 1. The van der Waals surface area contributed by atoms with Gasteiger partial charge in [0.05, 0.1) is 25.7 Å². The second-order valence-electron chi connectivity index (χ2n) is 4.69. The minimum absolute atomic E-state index is 0.0214. The Morgan fingerprint density at radius 3 is 2.26 bits per heavy atom. The zero-order chi connectivity index (χ0) is 17.8. The number of carbonyl (C=O) groups excluding carboxylic acids is 1. The van der Waals surface area contributed by atoms with Crippen LogP contribution in [-0.2, 0) is 38.1 Å². The molecular formula is C10H15N3O8S2. The van der Waals surface area contributed by atoms with Crippen LogP contribution in [0.1, 0.15) is 6.42 Å². The molecule has 0 aromatic rings. The maximum atomic E-state index is 11.6. The Hall–Kier alpha value is -1.66. The molecule has 0 fully saturated rings. The van der Waals surface area contributed by atoms with E-state index in [1.165, 1.54) is 0 Å². The molecule has 0 spiro atoms. The second-order valence-corrected chi connectivity index (χ2v) is 7.89. The first-order chi connectivity index (χ1) is 10.5. The standard InChI is InChI=1S/C10H15N3O8S2/c1-19-10(14)6-4-7(12-13-11)9(21-23(3,17)18)8(5-6)20-22(2,15)16/h4,7-9H,5H2,1-3H3/t7-,8-,9?/m1/s1. The molecule has 130 valence electrons. The van der Waals surface area contributed by atoms with E-state index < -0.39 is 44.5 Å². The highest BCUT2D eigenvalue weighted by atomic mass is 32.2. The summed E-state index contributed by atoms with van der Waals surface area (Å²) in [6.45, 7) is 0. The van der Waals surface area contributed by atoms with Gasteiger partial charge >= 0.3 is 5.97 Å². The van der Waals surface area contributed by atoms with E-state index >= 15 is 0 Å². The van der Waals surface area contributed by atoms with Crippen molar-refractivity contribution in [2.75, 3.05) is 19.6 Å². The van der Waals surface area contributed by atoms with Crippen molar-refractivity contribution in [3.63, 3.8) is 0 Å². The van der Waals surface area contributed by atoms with Crippen LogP contribution in [0.4, 0.5) is 0 Å². The molecule has 11 nitrogen and oxygen atoms in total. The maximum Gasteiger partial charge on any atom is 0.333 e. The first-order valence-corrected chi connectivity index (χ1v) is 9.70. The number of rotatable bonds is 6. The van der Waals surface area contributed by atoms with Gasteiger partial charge in [-0.1, -0.05) is 11.2 Å². The van der Waals surface area contributed by atoms with Crippen LogP contribution in [-0.4, -0.2) is 60.7 Å². The SMILES string of the molecule is COC(=O)C1=C[C@@H](N=[N+]=[N-])C(OS(C)(=O)=O)[C@H](OS(C)(=O)=O)C1. The largest absolute Gasteiger partial charge is 0.466 e. The number of hydrogen-bond acceptors (Lipinski definition) is 9. The third kappa shape index (κ3) is 6.15. The first kappa shape index (κ1) is 19.4. The van der Waals surface area contributed by atoms with Crippen LogP contribution in [0.15, 0.2) is 16.8 Å². The zero-order valence-corrected chi connectivity index (χ0v) is 14.1. The number of azide groups is 1. The lowest BCUT2D eigenvalue weighted by Gasteiger charge is -2.32. The summed E-state index contributed by atoms with van der Waals surface area (Å²) in [5.41, 5.74) is 8.56. The summed E-state index contributed by atoms with van der Waals surface area (Å²) in [7, 11) is -6.90. The average Bonchev–Trinajstić information content (AvgIpc) is 2.38. The molecule has 0 aliphatic heterocycles. The molecule has 0 aromatic carbocycles. The number of esters is 1. The lowest BCUT2D eigenvalue weighted by atomic mass is 9.91. The van der Waals surface area contributed by atoms with Crippen molar-refractivity contribution in [1.82, 2.24) is 0 Å². The molecule has 0 amide bonds. The molecular weight excluding hydrogens is 354 g/mol. The summed E-state index contributed by atoms with van der Waals surface area (Å²) < 4.78 is 59.5. The zero-order valence-electron chi connectivity index (χ0n) is 12.4. The Kier molecular flexibility index (Phi) is 6.13. The molecule has 1 rings (SSSR count). The van der Waals surface area contributed by atoms with E-state index in [1.807, 2.05) is 0 Å². The fourth-order valence-corrected chi connectivity index (χ4v) is 3.26. The molecule has 1 unspecified atom stereocenters. The van der Waals surface area contributed by atoms with E-state index in [0.29, 0.717) is 0 Å². The van der Waals surface area contributed by atoms with Crippen molar-refractivity contribution in [3.8, 4) is 0 Å². The topological polar surface area (TPSA) is 162 Å². The third-order valence-electron chi connectivity index (χ3n) is 2.71. The van der Waals surface area contributed by atoms with Crippen LogP contribution >= 0.6 is 0 Å². The van der Waals surface area contributed by atoms with Gasteiger partial charge in [0, 0.05) is 16.9 Å².